The molecule has 0 radical (unpaired) electrons. The molecule has 0 aromatic carbocycles. The zero-order valence-electron chi connectivity index (χ0n) is 15.4. The maximum Gasteiger partial charge on any atom is 0.317 e. The van der Waals surface area contributed by atoms with Crippen LogP contribution in [0.2, 0.25) is 0 Å². The average molecular weight is 339 g/mol. The van der Waals surface area contributed by atoms with Gasteiger partial charge in [-0.25, -0.2) is 4.79 Å². The number of amides is 2. The van der Waals surface area contributed by atoms with Gasteiger partial charge in [-0.2, -0.15) is 0 Å². The van der Waals surface area contributed by atoms with Crippen molar-refractivity contribution in [2.75, 3.05) is 26.2 Å². The van der Waals surface area contributed by atoms with E-state index in [1.165, 1.54) is 19.3 Å². The second-order valence-corrected chi connectivity index (χ2v) is 7.91. The molecule has 1 saturated heterocycles. The highest BCUT2D eigenvalue weighted by Crippen LogP contribution is 2.35. The van der Waals surface area contributed by atoms with Crippen molar-refractivity contribution in [1.82, 2.24) is 15.1 Å². The molecule has 0 spiro atoms. The molecule has 2 rings (SSSR count). The minimum Gasteiger partial charge on any atom is -0.480 e. The summed E-state index contributed by atoms with van der Waals surface area (Å²) in [5.74, 6) is -0.781. The SMILES string of the molecule is CCN(CC(=O)O)C1CCN(C(=O)NC2CCCCC2(C)C)CC1. The summed E-state index contributed by atoms with van der Waals surface area (Å²) in [6.07, 6.45) is 6.38. The van der Waals surface area contributed by atoms with Crippen LogP contribution in [0.25, 0.3) is 0 Å². The standard InChI is InChI=1S/C18H33N3O3/c1-4-20(13-16(22)23)14-8-11-21(12-9-14)17(24)19-15-7-5-6-10-18(15,2)3/h14-15H,4-13H2,1-3H3,(H,19,24)(H,22,23). The van der Waals surface area contributed by atoms with Crippen molar-refractivity contribution in [2.45, 2.75) is 71.4 Å². The van der Waals surface area contributed by atoms with Crippen LogP contribution in [-0.4, -0.2) is 65.2 Å². The third-order valence-corrected chi connectivity index (χ3v) is 5.82. The summed E-state index contributed by atoms with van der Waals surface area (Å²) in [6, 6.07) is 0.576. The zero-order chi connectivity index (χ0) is 17.7. The van der Waals surface area contributed by atoms with Crippen LogP contribution in [0.3, 0.4) is 0 Å². The van der Waals surface area contributed by atoms with Gasteiger partial charge in [0.05, 0.1) is 6.54 Å². The van der Waals surface area contributed by atoms with Crippen LogP contribution in [0.1, 0.15) is 59.3 Å². The number of nitrogens with zero attached hydrogens (tertiary/aromatic N) is 2. The van der Waals surface area contributed by atoms with Crippen molar-refractivity contribution < 1.29 is 14.7 Å². The molecular weight excluding hydrogens is 306 g/mol. The molecule has 2 fully saturated rings. The summed E-state index contributed by atoms with van der Waals surface area (Å²) in [6.45, 7) is 8.72. The second-order valence-electron chi connectivity index (χ2n) is 7.91. The van der Waals surface area contributed by atoms with Crippen molar-refractivity contribution in [3.8, 4) is 0 Å². The third-order valence-electron chi connectivity index (χ3n) is 5.82. The molecule has 0 aromatic rings. The fourth-order valence-corrected chi connectivity index (χ4v) is 4.11. The van der Waals surface area contributed by atoms with E-state index in [9.17, 15) is 9.59 Å². The van der Waals surface area contributed by atoms with E-state index in [1.54, 1.807) is 0 Å². The molecule has 138 valence electrons. The van der Waals surface area contributed by atoms with Gasteiger partial charge in [-0.3, -0.25) is 9.69 Å². The molecule has 2 aliphatic rings. The number of piperidine rings is 1. The first kappa shape index (κ1) is 19.0. The lowest BCUT2D eigenvalue weighted by molar-refractivity contribution is -0.139. The van der Waals surface area contributed by atoms with Crippen LogP contribution < -0.4 is 5.32 Å². The zero-order valence-corrected chi connectivity index (χ0v) is 15.4. The summed E-state index contributed by atoms with van der Waals surface area (Å²) in [7, 11) is 0. The normalized spacial score (nSPS) is 24.8. The first-order valence-electron chi connectivity index (χ1n) is 9.34. The number of rotatable bonds is 5. The Hall–Kier alpha value is -1.30. The number of nitrogens with one attached hydrogen (secondary N) is 1. The van der Waals surface area contributed by atoms with Crippen LogP contribution >= 0.6 is 0 Å². The number of likely N-dealkylation sites (N-methyl/N-ethyl adjacent to an activating group) is 1. The first-order valence-corrected chi connectivity index (χ1v) is 9.34. The summed E-state index contributed by atoms with van der Waals surface area (Å²) in [5, 5.41) is 12.2. The van der Waals surface area contributed by atoms with Gasteiger partial charge in [0.2, 0.25) is 0 Å². The van der Waals surface area contributed by atoms with Crippen molar-refractivity contribution in [3.05, 3.63) is 0 Å². The van der Waals surface area contributed by atoms with Crippen molar-refractivity contribution in [3.63, 3.8) is 0 Å². The third kappa shape index (κ3) is 4.85. The Morgan fingerprint density at radius 3 is 2.42 bits per heavy atom. The van der Waals surface area contributed by atoms with E-state index in [-0.39, 0.29) is 30.1 Å². The summed E-state index contributed by atoms with van der Waals surface area (Å²) in [5.41, 5.74) is 0.173. The highest BCUT2D eigenvalue weighted by molar-refractivity contribution is 5.74. The van der Waals surface area contributed by atoms with Gasteiger partial charge < -0.3 is 15.3 Å². The number of urea groups is 1. The molecule has 0 bridgehead atoms. The highest BCUT2D eigenvalue weighted by Gasteiger charge is 2.35. The molecule has 1 aliphatic heterocycles. The van der Waals surface area contributed by atoms with Gasteiger partial charge in [0.1, 0.15) is 0 Å². The van der Waals surface area contributed by atoms with E-state index in [1.807, 2.05) is 16.7 Å². The molecule has 1 heterocycles. The van der Waals surface area contributed by atoms with Gasteiger partial charge in [-0.1, -0.05) is 33.6 Å². The molecule has 2 amide bonds. The Kier molecular flexibility index (Phi) is 6.49. The molecule has 1 saturated carbocycles. The smallest absolute Gasteiger partial charge is 0.317 e. The molecule has 6 nitrogen and oxygen atoms in total. The molecule has 2 N–H and O–H groups in total. The lowest BCUT2D eigenvalue weighted by Crippen LogP contribution is -2.54. The first-order chi connectivity index (χ1) is 11.3. The highest BCUT2D eigenvalue weighted by atomic mass is 16.4. The summed E-state index contributed by atoms with van der Waals surface area (Å²) < 4.78 is 0. The number of aliphatic carboxylic acids is 1. The Labute approximate surface area is 145 Å². The average Bonchev–Trinajstić information content (AvgIpc) is 2.54. The van der Waals surface area contributed by atoms with Gasteiger partial charge in [0.25, 0.3) is 0 Å². The fourth-order valence-electron chi connectivity index (χ4n) is 4.11. The molecule has 24 heavy (non-hydrogen) atoms. The number of hydrogen-bond donors (Lipinski definition) is 2. The quantitative estimate of drug-likeness (QED) is 0.807. The van der Waals surface area contributed by atoms with Crippen LogP contribution in [0.4, 0.5) is 4.79 Å². The van der Waals surface area contributed by atoms with Crippen LogP contribution in [-0.2, 0) is 4.79 Å². The maximum atomic E-state index is 12.6. The Bertz CT molecular complexity index is 445. The topological polar surface area (TPSA) is 72.9 Å². The molecule has 6 heteroatoms. The van der Waals surface area contributed by atoms with Crippen LogP contribution in [0.5, 0.6) is 0 Å². The van der Waals surface area contributed by atoms with E-state index in [2.05, 4.69) is 19.2 Å². The number of carbonyl (C=O) groups excluding carboxylic acids is 1. The molecule has 1 aliphatic carbocycles. The molecular formula is C18H33N3O3. The van der Waals surface area contributed by atoms with E-state index >= 15 is 0 Å². The minimum absolute atomic E-state index is 0.0507. The van der Waals surface area contributed by atoms with E-state index in [4.69, 9.17) is 5.11 Å². The monoisotopic (exact) mass is 339 g/mol. The Morgan fingerprint density at radius 1 is 1.21 bits per heavy atom. The Morgan fingerprint density at radius 2 is 1.88 bits per heavy atom. The summed E-state index contributed by atoms with van der Waals surface area (Å²) in [4.78, 5) is 27.4. The largest absolute Gasteiger partial charge is 0.480 e. The van der Waals surface area contributed by atoms with E-state index in [0.717, 1.165) is 25.8 Å². The van der Waals surface area contributed by atoms with Gasteiger partial charge in [-0.15, -0.1) is 0 Å². The predicted octanol–water partition coefficient (Wildman–Crippen LogP) is 2.54. The maximum absolute atomic E-state index is 12.6. The van der Waals surface area contributed by atoms with E-state index < -0.39 is 5.97 Å². The molecule has 1 unspecified atom stereocenters. The number of hydrogen-bond acceptors (Lipinski definition) is 3. The van der Waals surface area contributed by atoms with Crippen molar-refractivity contribution in [1.29, 1.82) is 0 Å². The fraction of sp³-hybridized carbons (Fsp3) is 0.889. The van der Waals surface area contributed by atoms with Crippen LogP contribution in [0.15, 0.2) is 0 Å². The molecule has 0 aromatic heterocycles. The molecule has 1 atom stereocenters. The number of carbonyl (C=O) groups is 2. The van der Waals surface area contributed by atoms with Gasteiger partial charge in [0.15, 0.2) is 0 Å². The van der Waals surface area contributed by atoms with Crippen molar-refractivity contribution >= 4 is 12.0 Å². The minimum atomic E-state index is -0.781. The van der Waals surface area contributed by atoms with Gasteiger partial charge in [-0.05, 0) is 37.6 Å². The predicted molar refractivity (Wildman–Crippen MR) is 94.0 cm³/mol. The number of carboxylic acids is 1. The van der Waals surface area contributed by atoms with Crippen LogP contribution in [0, 0.1) is 5.41 Å². The lowest BCUT2D eigenvalue weighted by Gasteiger charge is -2.42. The van der Waals surface area contributed by atoms with Crippen molar-refractivity contribution in [2.24, 2.45) is 5.41 Å². The van der Waals surface area contributed by atoms with E-state index in [0.29, 0.717) is 13.1 Å². The summed E-state index contributed by atoms with van der Waals surface area (Å²) >= 11 is 0. The number of carboxylic acid groups (broad SMARTS) is 1. The van der Waals surface area contributed by atoms with Gasteiger partial charge >= 0.3 is 12.0 Å². The Balaban J connectivity index is 1.83. The second kappa shape index (κ2) is 8.19. The lowest BCUT2D eigenvalue weighted by atomic mass is 9.73. The number of likely N-dealkylation sites (tertiary alicyclic amines) is 1. The van der Waals surface area contributed by atoms with Gasteiger partial charge in [0, 0.05) is 25.2 Å².